The number of cyclic esters (lactones) is 1. The van der Waals surface area contributed by atoms with Crippen LogP contribution in [0.3, 0.4) is 0 Å². The summed E-state index contributed by atoms with van der Waals surface area (Å²) in [4.78, 5) is 30.1. The molecule has 0 spiro atoms. The van der Waals surface area contributed by atoms with Gasteiger partial charge < -0.3 is 19.4 Å². The van der Waals surface area contributed by atoms with E-state index in [2.05, 4.69) is 4.98 Å². The van der Waals surface area contributed by atoms with Crippen LogP contribution in [-0.2, 0) is 14.3 Å². The van der Waals surface area contributed by atoms with E-state index in [9.17, 15) is 19.8 Å². The van der Waals surface area contributed by atoms with E-state index in [-0.39, 0.29) is 18.1 Å². The molecule has 1 aromatic rings. The van der Waals surface area contributed by atoms with Crippen molar-refractivity contribution in [2.24, 2.45) is 17.3 Å². The molecule has 2 N–H and O–H groups in total. The zero-order valence-corrected chi connectivity index (χ0v) is 20.7. The minimum Gasteiger partial charge on any atom is -0.457 e. The average molecular weight is 462 g/mol. The van der Waals surface area contributed by atoms with Gasteiger partial charge in [0.25, 0.3) is 0 Å². The van der Waals surface area contributed by atoms with Crippen LogP contribution in [0, 0.1) is 24.2 Å². The highest BCUT2D eigenvalue weighted by Gasteiger charge is 2.42. The first-order valence-corrected chi connectivity index (χ1v) is 11.8. The van der Waals surface area contributed by atoms with Crippen molar-refractivity contribution in [1.82, 2.24) is 4.98 Å². The number of ether oxygens (including phenoxy) is 1. The first kappa shape index (κ1) is 27.0. The quantitative estimate of drug-likeness (QED) is 0.496. The maximum absolute atomic E-state index is 13.1. The normalized spacial score (nSPS) is 31.8. The number of hydrogen-bond donors (Lipinski definition) is 2. The summed E-state index contributed by atoms with van der Waals surface area (Å²) in [5.74, 6) is -0.991. The van der Waals surface area contributed by atoms with E-state index >= 15 is 0 Å². The van der Waals surface area contributed by atoms with E-state index in [1.807, 2.05) is 32.1 Å². The number of ketones is 1. The van der Waals surface area contributed by atoms with Gasteiger partial charge in [-0.3, -0.25) is 9.59 Å². The van der Waals surface area contributed by atoms with Gasteiger partial charge in [0.1, 0.15) is 23.8 Å². The molecule has 1 aliphatic heterocycles. The molecule has 5 atom stereocenters. The largest absolute Gasteiger partial charge is 0.457 e. The fourth-order valence-electron chi connectivity index (χ4n) is 4.18. The Morgan fingerprint density at radius 3 is 2.55 bits per heavy atom. The van der Waals surface area contributed by atoms with Crippen LogP contribution in [0.25, 0.3) is 6.08 Å². The number of aromatic nitrogens is 1. The molecule has 184 valence electrons. The highest BCUT2D eigenvalue weighted by atomic mass is 16.5. The fourth-order valence-corrected chi connectivity index (χ4v) is 4.18. The van der Waals surface area contributed by atoms with Crippen LogP contribution in [0.4, 0.5) is 0 Å². The van der Waals surface area contributed by atoms with Gasteiger partial charge in [-0.25, -0.2) is 4.98 Å². The molecule has 1 aromatic heterocycles. The first-order chi connectivity index (χ1) is 15.4. The summed E-state index contributed by atoms with van der Waals surface area (Å²) in [5, 5.41) is 21.5. The smallest absolute Gasteiger partial charge is 0.309 e. The van der Waals surface area contributed by atoms with Crippen molar-refractivity contribution in [1.29, 1.82) is 0 Å². The summed E-state index contributed by atoms with van der Waals surface area (Å²) in [6, 6.07) is 0. The lowest BCUT2D eigenvalue weighted by molar-refractivity contribution is -0.154. The topological polar surface area (TPSA) is 110 Å². The number of hydrogen-bond acceptors (Lipinski definition) is 7. The van der Waals surface area contributed by atoms with Crippen LogP contribution >= 0.6 is 0 Å². The van der Waals surface area contributed by atoms with E-state index in [0.717, 1.165) is 24.8 Å². The van der Waals surface area contributed by atoms with E-state index in [1.54, 1.807) is 34.0 Å². The number of carbonyl (C=O) groups excluding carboxylic acids is 2. The molecule has 0 saturated carbocycles. The molecular formula is C26H39NO6. The van der Waals surface area contributed by atoms with Crippen LogP contribution in [0.1, 0.15) is 78.3 Å². The van der Waals surface area contributed by atoms with Crippen molar-refractivity contribution in [3.8, 4) is 0 Å². The lowest BCUT2D eigenvalue weighted by atomic mass is 9.73. The fraction of sp³-hybridized carbons (Fsp3) is 0.654. The maximum atomic E-state index is 13.1. The van der Waals surface area contributed by atoms with Crippen LogP contribution in [-0.4, -0.2) is 45.3 Å². The third kappa shape index (κ3) is 7.37. The zero-order valence-electron chi connectivity index (χ0n) is 20.7. The Morgan fingerprint density at radius 2 is 1.91 bits per heavy atom. The van der Waals surface area contributed by atoms with Gasteiger partial charge in [0.15, 0.2) is 5.89 Å². The number of aryl methyl sites for hydroxylation is 1. The summed E-state index contributed by atoms with van der Waals surface area (Å²) in [5.41, 5.74) is 0.248. The molecular weight excluding hydrogens is 422 g/mol. The molecule has 0 unspecified atom stereocenters. The first-order valence-electron chi connectivity index (χ1n) is 11.8. The van der Waals surface area contributed by atoms with E-state index in [4.69, 9.17) is 9.15 Å². The molecule has 2 heterocycles. The maximum Gasteiger partial charge on any atom is 0.309 e. The second kappa shape index (κ2) is 11.7. The number of allylic oxidation sites excluding steroid dienone is 1. The van der Waals surface area contributed by atoms with E-state index in [0.29, 0.717) is 18.0 Å². The highest BCUT2D eigenvalue weighted by Crippen LogP contribution is 2.32. The minimum absolute atomic E-state index is 0.0491. The number of Topliss-reactive ketones (excluding diaryl/α,β-unsaturated/α-hetero) is 1. The van der Waals surface area contributed by atoms with Gasteiger partial charge in [0, 0.05) is 19.3 Å². The number of rotatable bonds is 2. The molecule has 33 heavy (non-hydrogen) atoms. The standard InChI is InChI=1S/C26H39NO6/c1-16-11-9-7-8-10-12-21(17(2)13-20-15-32-19(4)27-20)33-23(29)14-22(28)26(5,6)25(31)18(3)24(16)30/h8,10,13,15-16,18,21-22,24,28,30H,7,9,11-12,14H2,1-6H3/b10-8-,17-13+/t16-,18+,21-,22-,24-/m0/s1. The number of carbonyl (C=O) groups is 2. The Balaban J connectivity index is 2.27. The molecule has 0 radical (unpaired) electrons. The molecule has 2 rings (SSSR count). The van der Waals surface area contributed by atoms with E-state index < -0.39 is 35.6 Å². The summed E-state index contributed by atoms with van der Waals surface area (Å²) < 4.78 is 11.0. The van der Waals surface area contributed by atoms with E-state index in [1.165, 1.54) is 0 Å². The van der Waals surface area contributed by atoms with Crippen LogP contribution < -0.4 is 0 Å². The minimum atomic E-state index is -1.23. The molecule has 0 aliphatic carbocycles. The van der Waals surface area contributed by atoms with Crippen LogP contribution in [0.2, 0.25) is 0 Å². The second-order valence-corrected chi connectivity index (χ2v) is 9.86. The third-order valence-electron chi connectivity index (χ3n) is 6.68. The van der Waals surface area contributed by atoms with Gasteiger partial charge in [-0.05, 0) is 43.8 Å². The van der Waals surface area contributed by atoms with Gasteiger partial charge >= 0.3 is 5.97 Å². The Labute approximate surface area is 196 Å². The molecule has 0 bridgehead atoms. The Bertz CT molecular complexity index is 868. The molecule has 0 amide bonds. The van der Waals surface area contributed by atoms with Gasteiger partial charge in [-0.15, -0.1) is 0 Å². The molecule has 0 saturated heterocycles. The summed E-state index contributed by atoms with van der Waals surface area (Å²) in [6.07, 6.45) is 7.50. The van der Waals surface area contributed by atoms with Crippen molar-refractivity contribution in [2.75, 3.05) is 0 Å². The van der Waals surface area contributed by atoms with Gasteiger partial charge in [0.05, 0.1) is 24.0 Å². The zero-order chi connectivity index (χ0) is 24.8. The van der Waals surface area contributed by atoms with Crippen molar-refractivity contribution < 1.29 is 29.0 Å². The number of oxazole rings is 1. The lowest BCUT2D eigenvalue weighted by Crippen LogP contribution is -2.45. The number of aliphatic hydroxyl groups excluding tert-OH is 2. The predicted molar refractivity (Wildman–Crippen MR) is 126 cm³/mol. The van der Waals surface area contributed by atoms with Crippen molar-refractivity contribution >= 4 is 17.8 Å². The van der Waals surface area contributed by atoms with Crippen molar-refractivity contribution in [3.05, 3.63) is 35.6 Å². The van der Waals surface area contributed by atoms with Crippen LogP contribution in [0.5, 0.6) is 0 Å². The van der Waals surface area contributed by atoms with Crippen molar-refractivity contribution in [3.63, 3.8) is 0 Å². The Morgan fingerprint density at radius 1 is 1.21 bits per heavy atom. The average Bonchev–Trinajstić information content (AvgIpc) is 3.16. The van der Waals surface area contributed by atoms with Gasteiger partial charge in [-0.1, -0.05) is 39.8 Å². The Hall–Kier alpha value is -2.25. The Kier molecular flexibility index (Phi) is 9.61. The number of esters is 1. The summed E-state index contributed by atoms with van der Waals surface area (Å²) in [6.45, 7) is 10.5. The predicted octanol–water partition coefficient (Wildman–Crippen LogP) is 4.41. The summed E-state index contributed by atoms with van der Waals surface area (Å²) in [7, 11) is 0. The number of nitrogens with zero attached hydrogens (tertiary/aromatic N) is 1. The summed E-state index contributed by atoms with van der Waals surface area (Å²) >= 11 is 0. The second-order valence-electron chi connectivity index (χ2n) is 9.86. The molecule has 7 heteroatoms. The third-order valence-corrected chi connectivity index (χ3v) is 6.68. The molecule has 0 fully saturated rings. The SMILES string of the molecule is C/C(=C\c1coc(C)n1)[C@@H]1C/C=C\CCC[C@H](C)[C@H](O)[C@@H](C)C(=O)C(C)(C)[C@@H](O)CC(=O)O1. The van der Waals surface area contributed by atoms with Gasteiger partial charge in [-0.2, -0.15) is 0 Å². The number of aliphatic hydroxyl groups is 2. The molecule has 7 nitrogen and oxygen atoms in total. The van der Waals surface area contributed by atoms with Crippen molar-refractivity contribution in [2.45, 2.75) is 92.0 Å². The molecule has 1 aliphatic rings. The highest BCUT2D eigenvalue weighted by molar-refractivity contribution is 5.88. The van der Waals surface area contributed by atoms with Gasteiger partial charge in [0.2, 0.25) is 0 Å². The molecule has 0 aromatic carbocycles. The lowest BCUT2D eigenvalue weighted by Gasteiger charge is -2.34. The van der Waals surface area contributed by atoms with Crippen LogP contribution in [0.15, 0.2) is 28.4 Å². The monoisotopic (exact) mass is 461 g/mol.